The van der Waals surface area contributed by atoms with Gasteiger partial charge in [0.15, 0.2) is 0 Å². The zero-order valence-electron chi connectivity index (χ0n) is 10.4. The molecule has 1 aliphatic heterocycles. The molecule has 2 heterocycles. The van der Waals surface area contributed by atoms with Crippen molar-refractivity contribution >= 4 is 27.3 Å². The molecule has 19 heavy (non-hydrogen) atoms. The first-order valence-electron chi connectivity index (χ1n) is 6.34. The van der Waals surface area contributed by atoms with E-state index < -0.39 is 0 Å². The second-order valence-corrected chi connectivity index (χ2v) is 6.40. The molecule has 0 aliphatic carbocycles. The van der Waals surface area contributed by atoms with E-state index in [1.165, 1.54) is 0 Å². The summed E-state index contributed by atoms with van der Waals surface area (Å²) >= 11 is 5.20. The van der Waals surface area contributed by atoms with E-state index in [2.05, 4.69) is 38.8 Å². The van der Waals surface area contributed by atoms with E-state index in [-0.39, 0.29) is 6.10 Å². The third-order valence-electron chi connectivity index (χ3n) is 3.08. The summed E-state index contributed by atoms with van der Waals surface area (Å²) in [6.07, 6.45) is 1.15. The average molecular weight is 339 g/mol. The third-order valence-corrected chi connectivity index (χ3v) is 4.44. The van der Waals surface area contributed by atoms with Crippen molar-refractivity contribution < 1.29 is 4.74 Å². The fraction of sp³-hybridized carbons (Fsp3) is 0.357. The van der Waals surface area contributed by atoms with E-state index in [1.807, 2.05) is 12.1 Å². The topological polar surface area (TPSA) is 34.1 Å². The van der Waals surface area contributed by atoms with Gasteiger partial charge in [0.25, 0.3) is 0 Å². The van der Waals surface area contributed by atoms with Crippen molar-refractivity contribution in [3.8, 4) is 11.3 Å². The van der Waals surface area contributed by atoms with Crippen molar-refractivity contribution in [3.05, 3.63) is 39.1 Å². The van der Waals surface area contributed by atoms with Crippen LogP contribution in [0.5, 0.6) is 0 Å². The van der Waals surface area contributed by atoms with Crippen LogP contribution in [-0.4, -0.2) is 30.8 Å². The summed E-state index contributed by atoms with van der Waals surface area (Å²) in [5.41, 5.74) is 2.20. The van der Waals surface area contributed by atoms with Crippen molar-refractivity contribution in [2.45, 2.75) is 12.5 Å². The van der Waals surface area contributed by atoms with Gasteiger partial charge in [0.05, 0.1) is 23.4 Å². The maximum Gasteiger partial charge on any atom is 0.0958 e. The van der Waals surface area contributed by atoms with Crippen molar-refractivity contribution in [2.24, 2.45) is 0 Å². The van der Waals surface area contributed by atoms with Crippen LogP contribution in [0.1, 0.15) is 5.01 Å². The molecule has 0 radical (unpaired) electrons. The van der Waals surface area contributed by atoms with Gasteiger partial charge in [-0.1, -0.05) is 28.1 Å². The standard InChI is InChI=1S/C14H15BrN2OS/c15-11-3-1-2-10(6-11)13-9-19-14(17-13)7-12-8-16-4-5-18-12/h1-3,6,9,12,16H,4-5,7-8H2. The van der Waals surface area contributed by atoms with Gasteiger partial charge in [-0.05, 0) is 12.1 Å². The molecule has 1 aromatic carbocycles. The molecule has 1 N–H and O–H groups in total. The lowest BCUT2D eigenvalue weighted by Gasteiger charge is -2.22. The van der Waals surface area contributed by atoms with E-state index in [1.54, 1.807) is 11.3 Å². The van der Waals surface area contributed by atoms with Gasteiger partial charge < -0.3 is 10.1 Å². The van der Waals surface area contributed by atoms with Gasteiger partial charge in [0, 0.05) is 34.9 Å². The number of ether oxygens (including phenoxy) is 1. The molecule has 5 heteroatoms. The number of hydrogen-bond acceptors (Lipinski definition) is 4. The van der Waals surface area contributed by atoms with Crippen LogP contribution < -0.4 is 5.32 Å². The summed E-state index contributed by atoms with van der Waals surface area (Å²) in [7, 11) is 0. The number of hydrogen-bond donors (Lipinski definition) is 1. The molecule has 1 aromatic heterocycles. The van der Waals surface area contributed by atoms with Gasteiger partial charge in [-0.15, -0.1) is 11.3 Å². The SMILES string of the molecule is Brc1cccc(-c2csc(CC3CNCCO3)n2)c1. The van der Waals surface area contributed by atoms with Gasteiger partial charge in [0.2, 0.25) is 0 Å². The monoisotopic (exact) mass is 338 g/mol. The minimum absolute atomic E-state index is 0.259. The second kappa shape index (κ2) is 6.13. The van der Waals surface area contributed by atoms with Crippen LogP contribution in [-0.2, 0) is 11.2 Å². The first-order valence-corrected chi connectivity index (χ1v) is 8.01. The largest absolute Gasteiger partial charge is 0.375 e. The lowest BCUT2D eigenvalue weighted by Crippen LogP contribution is -2.39. The van der Waals surface area contributed by atoms with Crippen LogP contribution in [0.15, 0.2) is 34.1 Å². The summed E-state index contributed by atoms with van der Waals surface area (Å²) in [4.78, 5) is 4.71. The smallest absolute Gasteiger partial charge is 0.0958 e. The summed E-state index contributed by atoms with van der Waals surface area (Å²) < 4.78 is 6.80. The zero-order valence-corrected chi connectivity index (χ0v) is 12.8. The van der Waals surface area contributed by atoms with Crippen LogP contribution in [0.4, 0.5) is 0 Å². The van der Waals surface area contributed by atoms with Crippen LogP contribution in [0.25, 0.3) is 11.3 Å². The van der Waals surface area contributed by atoms with Gasteiger partial charge in [-0.2, -0.15) is 0 Å². The number of nitrogens with one attached hydrogen (secondary N) is 1. The Kier molecular flexibility index (Phi) is 4.28. The number of morpholine rings is 1. The number of aromatic nitrogens is 1. The van der Waals surface area contributed by atoms with Crippen LogP contribution >= 0.6 is 27.3 Å². The van der Waals surface area contributed by atoms with E-state index in [9.17, 15) is 0 Å². The Morgan fingerprint density at radius 1 is 1.47 bits per heavy atom. The molecular weight excluding hydrogens is 324 g/mol. The highest BCUT2D eigenvalue weighted by Gasteiger charge is 2.16. The minimum atomic E-state index is 0.259. The highest BCUT2D eigenvalue weighted by Crippen LogP contribution is 2.25. The fourth-order valence-corrected chi connectivity index (χ4v) is 3.40. The molecule has 0 saturated carbocycles. The molecule has 3 rings (SSSR count). The molecule has 1 unspecified atom stereocenters. The number of halogens is 1. The maximum atomic E-state index is 5.71. The summed E-state index contributed by atoms with van der Waals surface area (Å²) in [6.45, 7) is 2.68. The van der Waals surface area contributed by atoms with Crippen molar-refractivity contribution in [1.82, 2.24) is 10.3 Å². The first-order chi connectivity index (χ1) is 9.31. The predicted molar refractivity (Wildman–Crippen MR) is 81.6 cm³/mol. The minimum Gasteiger partial charge on any atom is -0.375 e. The van der Waals surface area contributed by atoms with Gasteiger partial charge in [-0.3, -0.25) is 0 Å². The number of rotatable bonds is 3. The Morgan fingerprint density at radius 3 is 3.21 bits per heavy atom. The molecule has 1 saturated heterocycles. The average Bonchev–Trinajstić information content (AvgIpc) is 2.88. The molecule has 0 bridgehead atoms. The zero-order chi connectivity index (χ0) is 13.1. The van der Waals surface area contributed by atoms with E-state index in [0.29, 0.717) is 0 Å². The lowest BCUT2D eigenvalue weighted by atomic mass is 10.2. The highest BCUT2D eigenvalue weighted by atomic mass is 79.9. The van der Waals surface area contributed by atoms with E-state index in [0.717, 1.165) is 46.9 Å². The molecule has 0 spiro atoms. The summed E-state index contributed by atoms with van der Waals surface area (Å²) in [6, 6.07) is 8.24. The molecule has 3 nitrogen and oxygen atoms in total. The van der Waals surface area contributed by atoms with E-state index >= 15 is 0 Å². The van der Waals surface area contributed by atoms with Crippen molar-refractivity contribution in [2.75, 3.05) is 19.7 Å². The van der Waals surface area contributed by atoms with Crippen molar-refractivity contribution in [3.63, 3.8) is 0 Å². The molecule has 2 aromatic rings. The Labute approximate surface area is 125 Å². The van der Waals surface area contributed by atoms with E-state index in [4.69, 9.17) is 9.72 Å². The highest BCUT2D eigenvalue weighted by molar-refractivity contribution is 9.10. The van der Waals surface area contributed by atoms with Gasteiger partial charge in [-0.25, -0.2) is 4.98 Å². The molecule has 1 aliphatic rings. The fourth-order valence-electron chi connectivity index (χ4n) is 2.13. The quantitative estimate of drug-likeness (QED) is 0.933. The van der Waals surface area contributed by atoms with Crippen molar-refractivity contribution in [1.29, 1.82) is 0 Å². The Morgan fingerprint density at radius 2 is 2.42 bits per heavy atom. The maximum absolute atomic E-state index is 5.71. The molecule has 1 fully saturated rings. The third kappa shape index (κ3) is 3.42. The second-order valence-electron chi connectivity index (χ2n) is 4.54. The number of nitrogens with zero attached hydrogens (tertiary/aromatic N) is 1. The molecule has 0 amide bonds. The van der Waals surface area contributed by atoms with Gasteiger partial charge in [0.1, 0.15) is 0 Å². The molecule has 100 valence electrons. The van der Waals surface area contributed by atoms with Crippen LogP contribution in [0.3, 0.4) is 0 Å². The first kappa shape index (κ1) is 13.2. The molecular formula is C14H15BrN2OS. The number of thiazole rings is 1. The summed E-state index contributed by atoms with van der Waals surface area (Å²) in [5, 5.41) is 6.61. The van der Waals surface area contributed by atoms with Crippen LogP contribution in [0, 0.1) is 0 Å². The van der Waals surface area contributed by atoms with Crippen LogP contribution in [0.2, 0.25) is 0 Å². The normalized spacial score (nSPS) is 19.5. The predicted octanol–water partition coefficient (Wildman–Crippen LogP) is 3.10. The Balaban J connectivity index is 1.72. The Bertz CT molecular complexity index is 552. The lowest BCUT2D eigenvalue weighted by molar-refractivity contribution is 0.0292. The molecule has 1 atom stereocenters. The summed E-state index contributed by atoms with van der Waals surface area (Å²) in [5.74, 6) is 0. The number of benzene rings is 1. The van der Waals surface area contributed by atoms with Gasteiger partial charge >= 0.3 is 0 Å². The Hall–Kier alpha value is -0.750.